The summed E-state index contributed by atoms with van der Waals surface area (Å²) in [5.41, 5.74) is -0.100. The molecule has 8 heteroatoms. The zero-order valence-electron chi connectivity index (χ0n) is 9.79. The number of fused-ring (bicyclic) bond motifs is 1. The molecule has 0 saturated carbocycles. The second-order valence-corrected chi connectivity index (χ2v) is 5.24. The molecule has 0 radical (unpaired) electrons. The van der Waals surface area contributed by atoms with Crippen LogP contribution in [0.3, 0.4) is 0 Å². The molecule has 0 spiro atoms. The van der Waals surface area contributed by atoms with E-state index < -0.39 is 18.1 Å². The van der Waals surface area contributed by atoms with Gasteiger partial charge in [-0.1, -0.05) is 13.8 Å². The van der Waals surface area contributed by atoms with E-state index >= 15 is 0 Å². The Hall–Kier alpha value is -1.45. The van der Waals surface area contributed by atoms with Crippen LogP contribution < -0.4 is 5.56 Å². The number of hydrogen-bond acceptors (Lipinski definition) is 4. The summed E-state index contributed by atoms with van der Waals surface area (Å²) in [7, 11) is 0. The first-order chi connectivity index (χ1) is 8.40. The fourth-order valence-corrected chi connectivity index (χ4v) is 2.13. The van der Waals surface area contributed by atoms with Crippen LogP contribution in [0.15, 0.2) is 10.9 Å². The Kier molecular flexibility index (Phi) is 3.37. The average Bonchev–Trinajstić information content (AvgIpc) is 2.63. The van der Waals surface area contributed by atoms with Crippen LogP contribution in [0, 0.1) is 3.70 Å². The van der Waals surface area contributed by atoms with E-state index in [9.17, 15) is 9.59 Å². The van der Waals surface area contributed by atoms with Gasteiger partial charge in [0.1, 0.15) is 15.8 Å². The SMILES string of the molecule is CC(C)c1nn(CC(=O)O)c(=O)c2cc(I)nn12. The molecule has 2 aromatic heterocycles. The Balaban J connectivity index is 2.78. The molecule has 0 saturated heterocycles. The van der Waals surface area contributed by atoms with E-state index in [0.717, 1.165) is 4.68 Å². The molecule has 2 rings (SSSR count). The Morgan fingerprint density at radius 1 is 1.50 bits per heavy atom. The zero-order valence-corrected chi connectivity index (χ0v) is 11.9. The summed E-state index contributed by atoms with van der Waals surface area (Å²) in [6.07, 6.45) is 0. The number of carboxylic acid groups (broad SMARTS) is 1. The van der Waals surface area contributed by atoms with Crippen molar-refractivity contribution < 1.29 is 9.90 Å². The minimum Gasteiger partial charge on any atom is -0.480 e. The lowest BCUT2D eigenvalue weighted by molar-refractivity contribution is -0.138. The number of carbonyl (C=O) groups is 1. The van der Waals surface area contributed by atoms with Gasteiger partial charge in [0, 0.05) is 12.0 Å². The van der Waals surface area contributed by atoms with Crippen LogP contribution in [0.2, 0.25) is 0 Å². The monoisotopic (exact) mass is 362 g/mol. The third-order valence-corrected chi connectivity index (χ3v) is 2.90. The van der Waals surface area contributed by atoms with Crippen LogP contribution in [-0.4, -0.2) is 30.5 Å². The first-order valence-electron chi connectivity index (χ1n) is 5.28. The van der Waals surface area contributed by atoms with Crippen LogP contribution in [-0.2, 0) is 11.3 Å². The smallest absolute Gasteiger partial charge is 0.325 e. The van der Waals surface area contributed by atoms with E-state index in [1.54, 1.807) is 6.07 Å². The lowest BCUT2D eigenvalue weighted by Crippen LogP contribution is -2.30. The second-order valence-electron chi connectivity index (χ2n) is 4.13. The second kappa shape index (κ2) is 4.67. The van der Waals surface area contributed by atoms with E-state index in [1.165, 1.54) is 4.52 Å². The molecule has 1 N–H and O–H groups in total. The number of carboxylic acids is 1. The van der Waals surface area contributed by atoms with Crippen LogP contribution >= 0.6 is 22.6 Å². The van der Waals surface area contributed by atoms with Gasteiger partial charge in [-0.25, -0.2) is 9.20 Å². The predicted molar refractivity (Wildman–Crippen MR) is 71.7 cm³/mol. The van der Waals surface area contributed by atoms with E-state index in [-0.39, 0.29) is 5.92 Å². The van der Waals surface area contributed by atoms with Crippen LogP contribution in [0.1, 0.15) is 25.6 Å². The molecule has 2 heterocycles. The molecule has 0 atom stereocenters. The van der Waals surface area contributed by atoms with Gasteiger partial charge in [0.2, 0.25) is 0 Å². The van der Waals surface area contributed by atoms with E-state index in [2.05, 4.69) is 10.2 Å². The van der Waals surface area contributed by atoms with Crippen molar-refractivity contribution in [1.29, 1.82) is 0 Å². The van der Waals surface area contributed by atoms with Crippen LogP contribution in [0.5, 0.6) is 0 Å². The maximum atomic E-state index is 12.0. The molecule has 2 aromatic rings. The molecule has 18 heavy (non-hydrogen) atoms. The van der Waals surface area contributed by atoms with E-state index in [4.69, 9.17) is 5.11 Å². The Morgan fingerprint density at radius 3 is 2.72 bits per heavy atom. The number of nitrogens with zero attached hydrogens (tertiary/aromatic N) is 4. The standard InChI is InChI=1S/C10H11IN4O3/c1-5(2)9-13-14(4-8(16)17)10(18)6-3-7(11)12-15(6)9/h3,5H,4H2,1-2H3,(H,16,17). The molecule has 0 aliphatic rings. The lowest BCUT2D eigenvalue weighted by atomic mass is 10.2. The molecule has 0 fully saturated rings. The summed E-state index contributed by atoms with van der Waals surface area (Å²) in [5.74, 6) is -0.504. The molecular weight excluding hydrogens is 351 g/mol. The van der Waals surface area contributed by atoms with Gasteiger partial charge in [0.05, 0.1) is 0 Å². The van der Waals surface area contributed by atoms with Crippen LogP contribution in [0.25, 0.3) is 5.52 Å². The summed E-state index contributed by atoms with van der Waals surface area (Å²) in [6.45, 7) is 3.37. The molecule has 0 aromatic carbocycles. The highest BCUT2D eigenvalue weighted by Gasteiger charge is 2.16. The Morgan fingerprint density at radius 2 is 2.17 bits per heavy atom. The van der Waals surface area contributed by atoms with Gasteiger partial charge >= 0.3 is 5.97 Å². The number of halogens is 1. The molecule has 0 amide bonds. The summed E-state index contributed by atoms with van der Waals surface area (Å²) < 4.78 is 3.11. The molecule has 0 bridgehead atoms. The van der Waals surface area contributed by atoms with Gasteiger partial charge in [-0.05, 0) is 22.6 Å². The fourth-order valence-electron chi connectivity index (χ4n) is 1.62. The van der Waals surface area contributed by atoms with Crippen LogP contribution in [0.4, 0.5) is 0 Å². The van der Waals surface area contributed by atoms with Gasteiger partial charge in [-0.3, -0.25) is 9.59 Å². The normalized spacial score (nSPS) is 11.3. The van der Waals surface area contributed by atoms with Crippen molar-refractivity contribution in [2.75, 3.05) is 0 Å². The largest absolute Gasteiger partial charge is 0.480 e. The number of aliphatic carboxylic acids is 1. The minimum atomic E-state index is -1.10. The van der Waals surface area contributed by atoms with E-state index in [0.29, 0.717) is 15.0 Å². The summed E-state index contributed by atoms with van der Waals surface area (Å²) in [5, 5.41) is 17.0. The molecule has 0 aliphatic heterocycles. The third-order valence-electron chi connectivity index (χ3n) is 2.37. The minimum absolute atomic E-state index is 0.0313. The molecule has 7 nitrogen and oxygen atoms in total. The Bertz CT molecular complexity index is 674. The maximum Gasteiger partial charge on any atom is 0.325 e. The van der Waals surface area contributed by atoms with Gasteiger partial charge in [-0.15, -0.1) is 0 Å². The molecule has 0 aliphatic carbocycles. The third kappa shape index (κ3) is 2.24. The van der Waals surface area contributed by atoms with Crippen molar-refractivity contribution in [1.82, 2.24) is 19.4 Å². The van der Waals surface area contributed by atoms with Gasteiger partial charge in [-0.2, -0.15) is 10.2 Å². The van der Waals surface area contributed by atoms with Crippen molar-refractivity contribution in [3.63, 3.8) is 0 Å². The van der Waals surface area contributed by atoms with Gasteiger partial charge < -0.3 is 5.11 Å². The topological polar surface area (TPSA) is 89.5 Å². The summed E-state index contributed by atoms with van der Waals surface area (Å²) >= 11 is 2.00. The molecule has 0 unspecified atom stereocenters. The fraction of sp³-hybridized carbons (Fsp3) is 0.400. The molecular formula is C10H11IN4O3. The highest BCUT2D eigenvalue weighted by atomic mass is 127. The van der Waals surface area contributed by atoms with Crippen molar-refractivity contribution in [2.24, 2.45) is 0 Å². The van der Waals surface area contributed by atoms with Crippen molar-refractivity contribution in [2.45, 2.75) is 26.3 Å². The summed E-state index contributed by atoms with van der Waals surface area (Å²) in [4.78, 5) is 22.7. The average molecular weight is 362 g/mol. The highest BCUT2D eigenvalue weighted by Crippen LogP contribution is 2.13. The van der Waals surface area contributed by atoms with E-state index in [1.807, 2.05) is 36.4 Å². The van der Waals surface area contributed by atoms with Gasteiger partial charge in [0.15, 0.2) is 5.82 Å². The predicted octanol–water partition coefficient (Wildman–Crippen LogP) is 0.704. The number of hydrogen-bond donors (Lipinski definition) is 1. The quantitative estimate of drug-likeness (QED) is 0.813. The molecule has 96 valence electrons. The number of aromatic nitrogens is 4. The highest BCUT2D eigenvalue weighted by molar-refractivity contribution is 14.1. The first-order valence-corrected chi connectivity index (χ1v) is 6.36. The lowest BCUT2D eigenvalue weighted by Gasteiger charge is -2.09. The Labute approximate surface area is 116 Å². The van der Waals surface area contributed by atoms with Gasteiger partial charge in [0.25, 0.3) is 5.56 Å². The van der Waals surface area contributed by atoms with Crippen molar-refractivity contribution >= 4 is 34.1 Å². The van der Waals surface area contributed by atoms with Crippen molar-refractivity contribution in [3.8, 4) is 0 Å². The first kappa shape index (κ1) is 13.0. The van der Waals surface area contributed by atoms with Crippen molar-refractivity contribution in [3.05, 3.63) is 25.9 Å². The summed E-state index contributed by atoms with van der Waals surface area (Å²) in [6, 6.07) is 1.62. The zero-order chi connectivity index (χ0) is 13.4. The number of rotatable bonds is 3. The maximum absolute atomic E-state index is 12.0.